The van der Waals surface area contributed by atoms with Crippen LogP contribution in [0.3, 0.4) is 0 Å². The molecule has 3 rings (SSSR count). The van der Waals surface area contributed by atoms with E-state index in [0.717, 1.165) is 23.3 Å². The number of hydrogen-bond donors (Lipinski definition) is 1. The molecule has 1 N–H and O–H groups in total. The average molecular weight is 398 g/mol. The van der Waals surface area contributed by atoms with Gasteiger partial charge in [-0.05, 0) is 37.1 Å². The number of rotatable bonds is 8. The van der Waals surface area contributed by atoms with E-state index < -0.39 is 0 Å². The first-order chi connectivity index (χ1) is 13.6. The van der Waals surface area contributed by atoms with Crippen LogP contribution in [0.15, 0.2) is 53.8 Å². The molecule has 7 nitrogen and oxygen atoms in total. The molecule has 8 heteroatoms. The van der Waals surface area contributed by atoms with Crippen LogP contribution < -0.4 is 5.32 Å². The number of fused-ring (bicyclic) bond motifs is 1. The summed E-state index contributed by atoms with van der Waals surface area (Å²) in [7, 11) is 0. The lowest BCUT2D eigenvalue weighted by molar-refractivity contribution is -0.132. The first kappa shape index (κ1) is 19.9. The Morgan fingerprint density at radius 1 is 1.14 bits per heavy atom. The second-order valence-corrected chi connectivity index (χ2v) is 7.32. The maximum Gasteiger partial charge on any atom is 0.244 e. The Kier molecular flexibility index (Phi) is 6.65. The summed E-state index contributed by atoms with van der Waals surface area (Å²) in [6, 6.07) is 13.2. The van der Waals surface area contributed by atoms with E-state index in [1.165, 1.54) is 11.8 Å². The molecule has 2 amide bonds. The third-order valence-corrected chi connectivity index (χ3v) is 5.13. The van der Waals surface area contributed by atoms with Crippen molar-refractivity contribution in [1.82, 2.24) is 19.5 Å². The highest BCUT2D eigenvalue weighted by Gasteiger charge is 2.18. The van der Waals surface area contributed by atoms with Crippen LogP contribution >= 0.6 is 11.8 Å². The van der Waals surface area contributed by atoms with Crippen LogP contribution in [0.1, 0.15) is 18.9 Å². The van der Waals surface area contributed by atoms with Gasteiger partial charge in [-0.1, -0.05) is 43.0 Å². The summed E-state index contributed by atoms with van der Waals surface area (Å²) in [5, 5.41) is 11.7. The molecule has 28 heavy (non-hydrogen) atoms. The van der Waals surface area contributed by atoms with Gasteiger partial charge in [-0.3, -0.25) is 14.0 Å². The van der Waals surface area contributed by atoms with Crippen molar-refractivity contribution in [3.05, 3.63) is 54.2 Å². The van der Waals surface area contributed by atoms with Crippen molar-refractivity contribution in [3.63, 3.8) is 0 Å². The topological polar surface area (TPSA) is 79.6 Å². The maximum atomic E-state index is 12.7. The van der Waals surface area contributed by atoms with Gasteiger partial charge in [0.25, 0.3) is 0 Å². The highest BCUT2D eigenvalue weighted by atomic mass is 32.2. The molecule has 2 heterocycles. The molecule has 0 atom stereocenters. The zero-order valence-corrected chi connectivity index (χ0v) is 16.8. The van der Waals surface area contributed by atoms with Gasteiger partial charge < -0.3 is 10.2 Å². The molecular formula is C20H23N5O2S. The van der Waals surface area contributed by atoms with Crippen LogP contribution in [0.2, 0.25) is 0 Å². The van der Waals surface area contributed by atoms with E-state index in [0.29, 0.717) is 11.7 Å². The Labute approximate surface area is 168 Å². The number of nitrogens with one attached hydrogen (secondary N) is 1. The van der Waals surface area contributed by atoms with E-state index in [2.05, 4.69) is 15.5 Å². The van der Waals surface area contributed by atoms with E-state index in [1.54, 1.807) is 4.90 Å². The standard InChI is InChI=1S/C20H23N5O2S/c1-3-11-24(13-18(26)21-16-9-5-4-8-15(16)2)19(27)14-28-20-23-22-17-10-6-7-12-25(17)20/h4-10,12H,3,11,13-14H2,1-2H3,(H,21,26). The van der Waals surface area contributed by atoms with Gasteiger partial charge in [0.05, 0.1) is 12.3 Å². The van der Waals surface area contributed by atoms with Gasteiger partial charge in [0.1, 0.15) is 0 Å². The molecule has 146 valence electrons. The fourth-order valence-electron chi connectivity index (χ4n) is 2.77. The van der Waals surface area contributed by atoms with Crippen LogP contribution in [0.4, 0.5) is 5.69 Å². The summed E-state index contributed by atoms with van der Waals surface area (Å²) in [5.41, 5.74) is 2.49. The Morgan fingerprint density at radius 3 is 2.71 bits per heavy atom. The maximum absolute atomic E-state index is 12.7. The number of nitrogens with zero attached hydrogens (tertiary/aromatic N) is 4. The largest absolute Gasteiger partial charge is 0.333 e. The van der Waals surface area contributed by atoms with Crippen molar-refractivity contribution in [2.45, 2.75) is 25.4 Å². The molecule has 0 aliphatic heterocycles. The number of anilines is 1. The Balaban J connectivity index is 1.60. The summed E-state index contributed by atoms with van der Waals surface area (Å²) in [4.78, 5) is 26.7. The highest BCUT2D eigenvalue weighted by Crippen LogP contribution is 2.17. The van der Waals surface area contributed by atoms with Crippen molar-refractivity contribution in [2.75, 3.05) is 24.2 Å². The van der Waals surface area contributed by atoms with E-state index in [-0.39, 0.29) is 24.1 Å². The van der Waals surface area contributed by atoms with Gasteiger partial charge in [-0.2, -0.15) is 0 Å². The number of amides is 2. The molecule has 2 aromatic heterocycles. The van der Waals surface area contributed by atoms with Gasteiger partial charge >= 0.3 is 0 Å². The molecule has 0 spiro atoms. The van der Waals surface area contributed by atoms with Crippen molar-refractivity contribution in [2.24, 2.45) is 0 Å². The minimum Gasteiger partial charge on any atom is -0.333 e. The monoisotopic (exact) mass is 397 g/mol. The number of carbonyl (C=O) groups is 2. The zero-order chi connectivity index (χ0) is 19.9. The van der Waals surface area contributed by atoms with Crippen molar-refractivity contribution < 1.29 is 9.59 Å². The van der Waals surface area contributed by atoms with E-state index in [1.807, 2.05) is 66.9 Å². The Bertz CT molecular complexity index is 972. The average Bonchev–Trinajstić information content (AvgIpc) is 3.11. The van der Waals surface area contributed by atoms with E-state index in [9.17, 15) is 9.59 Å². The Hall–Kier alpha value is -2.87. The molecule has 3 aromatic rings. The van der Waals surface area contributed by atoms with Crippen molar-refractivity contribution >= 4 is 34.9 Å². The smallest absolute Gasteiger partial charge is 0.244 e. The summed E-state index contributed by atoms with van der Waals surface area (Å²) >= 11 is 1.32. The fourth-order valence-corrected chi connectivity index (χ4v) is 3.60. The van der Waals surface area contributed by atoms with Crippen molar-refractivity contribution in [1.29, 1.82) is 0 Å². The molecule has 0 bridgehead atoms. The number of carbonyl (C=O) groups excluding carboxylic acids is 2. The zero-order valence-electron chi connectivity index (χ0n) is 16.0. The van der Waals surface area contributed by atoms with E-state index in [4.69, 9.17) is 0 Å². The van der Waals surface area contributed by atoms with Crippen LogP contribution in [0.25, 0.3) is 5.65 Å². The molecule has 0 radical (unpaired) electrons. The molecule has 0 saturated carbocycles. The lowest BCUT2D eigenvalue weighted by Gasteiger charge is -2.21. The van der Waals surface area contributed by atoms with Crippen LogP contribution in [-0.2, 0) is 9.59 Å². The number of para-hydroxylation sites is 1. The minimum atomic E-state index is -0.200. The van der Waals surface area contributed by atoms with Gasteiger partial charge in [0, 0.05) is 18.4 Å². The summed E-state index contributed by atoms with van der Waals surface area (Å²) in [5.74, 6) is -0.0960. The molecule has 0 aliphatic rings. The lowest BCUT2D eigenvalue weighted by atomic mass is 10.2. The highest BCUT2D eigenvalue weighted by molar-refractivity contribution is 7.99. The van der Waals surface area contributed by atoms with E-state index >= 15 is 0 Å². The molecule has 0 aliphatic carbocycles. The number of benzene rings is 1. The number of pyridine rings is 1. The third kappa shape index (κ3) is 4.89. The normalized spacial score (nSPS) is 10.8. The van der Waals surface area contributed by atoms with Crippen LogP contribution in [-0.4, -0.2) is 50.2 Å². The fraction of sp³-hybridized carbons (Fsp3) is 0.300. The number of aryl methyl sites for hydroxylation is 1. The third-order valence-electron chi connectivity index (χ3n) is 4.21. The minimum absolute atomic E-state index is 0.0299. The molecular weight excluding hydrogens is 374 g/mol. The predicted octanol–water partition coefficient (Wildman–Crippen LogP) is 3.01. The quantitative estimate of drug-likeness (QED) is 0.591. The number of aromatic nitrogens is 3. The number of thioether (sulfide) groups is 1. The van der Waals surface area contributed by atoms with Crippen molar-refractivity contribution in [3.8, 4) is 0 Å². The lowest BCUT2D eigenvalue weighted by Crippen LogP contribution is -2.39. The SMILES string of the molecule is CCCN(CC(=O)Nc1ccccc1C)C(=O)CSc1nnc2ccccn12. The Morgan fingerprint density at radius 2 is 1.93 bits per heavy atom. The van der Waals surface area contributed by atoms with Gasteiger partial charge in [0.15, 0.2) is 10.8 Å². The van der Waals surface area contributed by atoms with Crippen LogP contribution in [0.5, 0.6) is 0 Å². The molecule has 0 saturated heterocycles. The molecule has 1 aromatic carbocycles. The van der Waals surface area contributed by atoms with Gasteiger partial charge in [-0.25, -0.2) is 0 Å². The predicted molar refractivity (Wildman–Crippen MR) is 110 cm³/mol. The van der Waals surface area contributed by atoms with Crippen LogP contribution in [0, 0.1) is 6.92 Å². The first-order valence-electron chi connectivity index (χ1n) is 9.14. The summed E-state index contributed by atoms with van der Waals surface area (Å²) < 4.78 is 1.84. The molecule has 0 unspecified atom stereocenters. The second-order valence-electron chi connectivity index (χ2n) is 6.38. The number of hydrogen-bond acceptors (Lipinski definition) is 5. The van der Waals surface area contributed by atoms with Gasteiger partial charge in [-0.15, -0.1) is 10.2 Å². The summed E-state index contributed by atoms with van der Waals surface area (Å²) in [6.07, 6.45) is 2.64. The molecule has 0 fully saturated rings. The summed E-state index contributed by atoms with van der Waals surface area (Å²) in [6.45, 7) is 4.48. The second kappa shape index (κ2) is 9.36. The first-order valence-corrected chi connectivity index (χ1v) is 10.1. The van der Waals surface area contributed by atoms with Gasteiger partial charge in [0.2, 0.25) is 11.8 Å².